The van der Waals surface area contributed by atoms with Crippen LogP contribution in [-0.2, 0) is 19.6 Å². The van der Waals surface area contributed by atoms with Crippen LogP contribution in [0.1, 0.15) is 6.92 Å². The monoisotopic (exact) mass is 351 g/mol. The van der Waals surface area contributed by atoms with Crippen LogP contribution in [0.25, 0.3) is 0 Å². The largest absolute Gasteiger partial charge is 0.504 e. The number of nitrogens with two attached hydrogens (primary N) is 2. The van der Waals surface area contributed by atoms with E-state index < -0.39 is 39.2 Å². The fourth-order valence-corrected chi connectivity index (χ4v) is 2.83. The molecule has 122 valence electrons. The van der Waals surface area contributed by atoms with Gasteiger partial charge in [0.05, 0.1) is 17.3 Å². The minimum absolute atomic E-state index is 0.0699. The van der Waals surface area contributed by atoms with E-state index in [4.69, 9.17) is 22.5 Å². The number of amides is 2. The predicted molar refractivity (Wildman–Crippen MR) is 78.1 cm³/mol. The number of phenolic OH excluding ortho intramolecular Hbond substituents is 1. The molecule has 2 amide bonds. The molecule has 0 spiro atoms. The van der Waals surface area contributed by atoms with Gasteiger partial charge in [-0.25, -0.2) is 18.4 Å². The number of primary sulfonamides is 1. The second-order valence-corrected chi connectivity index (χ2v) is 5.92. The molecule has 0 bridgehead atoms. The lowest BCUT2D eigenvalue weighted by Crippen LogP contribution is -2.40. The number of phenols is 1. The number of sulfonamides is 1. The van der Waals surface area contributed by atoms with Crippen LogP contribution >= 0.6 is 11.6 Å². The summed E-state index contributed by atoms with van der Waals surface area (Å²) in [6.07, 6.45) is 0. The van der Waals surface area contributed by atoms with E-state index in [-0.39, 0.29) is 17.3 Å². The number of nitrogens with zero attached hydrogens (tertiary/aromatic N) is 1. The molecular weight excluding hydrogens is 338 g/mol. The Balaban J connectivity index is 3.39. The summed E-state index contributed by atoms with van der Waals surface area (Å²) in [5.74, 6) is -1.69. The summed E-state index contributed by atoms with van der Waals surface area (Å²) in [7, 11) is -4.36. The molecule has 1 aromatic carbocycles. The lowest BCUT2D eigenvalue weighted by Gasteiger charge is -2.21. The minimum Gasteiger partial charge on any atom is -0.504 e. The molecule has 1 aromatic rings. The molecule has 1 rings (SSSR count). The Bertz CT molecular complexity index is 706. The second-order valence-electron chi connectivity index (χ2n) is 4.02. The van der Waals surface area contributed by atoms with E-state index in [1.54, 1.807) is 6.92 Å². The predicted octanol–water partition coefficient (Wildman–Crippen LogP) is 0.141. The van der Waals surface area contributed by atoms with Crippen molar-refractivity contribution in [2.24, 2.45) is 10.9 Å². The summed E-state index contributed by atoms with van der Waals surface area (Å²) in [5, 5.41) is 14.6. The van der Waals surface area contributed by atoms with Gasteiger partial charge in [-0.2, -0.15) is 0 Å². The average molecular weight is 352 g/mol. The van der Waals surface area contributed by atoms with Gasteiger partial charge < -0.3 is 15.6 Å². The van der Waals surface area contributed by atoms with Crippen LogP contribution < -0.4 is 15.8 Å². The van der Waals surface area contributed by atoms with Gasteiger partial charge in [0, 0.05) is 0 Å². The molecular formula is C11H14ClN3O6S. The molecule has 0 radical (unpaired) electrons. The van der Waals surface area contributed by atoms with Crippen molar-refractivity contribution in [3.8, 4) is 5.75 Å². The number of anilines is 1. The zero-order chi connectivity index (χ0) is 17.1. The molecule has 9 nitrogen and oxygen atoms in total. The first kappa shape index (κ1) is 18.0. The van der Waals surface area contributed by atoms with Crippen LogP contribution in [0.3, 0.4) is 0 Å². The van der Waals surface area contributed by atoms with Crippen molar-refractivity contribution < 1.29 is 27.9 Å². The third-order valence-electron chi connectivity index (χ3n) is 2.50. The zero-order valence-electron chi connectivity index (χ0n) is 11.4. The van der Waals surface area contributed by atoms with E-state index in [9.17, 15) is 23.1 Å². The van der Waals surface area contributed by atoms with Crippen molar-refractivity contribution in [2.45, 2.75) is 11.8 Å². The maximum Gasteiger partial charge on any atom is 0.326 e. The molecule has 11 heteroatoms. The number of benzene rings is 1. The normalized spacial score (nSPS) is 11.0. The number of primary amides is 1. The third kappa shape index (κ3) is 4.00. The molecule has 0 unspecified atom stereocenters. The first-order valence-electron chi connectivity index (χ1n) is 5.86. The van der Waals surface area contributed by atoms with Crippen molar-refractivity contribution in [1.29, 1.82) is 0 Å². The quantitative estimate of drug-likeness (QED) is 0.641. The molecule has 0 fully saturated rings. The van der Waals surface area contributed by atoms with Gasteiger partial charge in [-0.15, -0.1) is 0 Å². The maximum atomic E-state index is 11.5. The number of carbonyl (C=O) groups excluding carboxylic acids is 2. The van der Waals surface area contributed by atoms with Gasteiger partial charge in [0.2, 0.25) is 10.0 Å². The summed E-state index contributed by atoms with van der Waals surface area (Å²) >= 11 is 5.68. The average Bonchev–Trinajstić information content (AvgIpc) is 2.35. The number of halogens is 1. The SMILES string of the molecule is CCOC(=O)CN(C(N)=O)c1ccc(Cl)c(S(N)(=O)=O)c1O. The van der Waals surface area contributed by atoms with Crippen molar-refractivity contribution in [3.05, 3.63) is 17.2 Å². The maximum absolute atomic E-state index is 11.5. The zero-order valence-corrected chi connectivity index (χ0v) is 13.0. The number of esters is 1. The first-order valence-corrected chi connectivity index (χ1v) is 7.78. The smallest absolute Gasteiger partial charge is 0.326 e. The summed E-state index contributed by atoms with van der Waals surface area (Å²) in [6, 6.07) is 1.11. The number of hydrogen-bond acceptors (Lipinski definition) is 6. The second kappa shape index (κ2) is 6.81. The molecule has 0 aliphatic heterocycles. The fraction of sp³-hybridized carbons (Fsp3) is 0.273. The highest BCUT2D eigenvalue weighted by atomic mass is 35.5. The van der Waals surface area contributed by atoms with Crippen LogP contribution in [0.4, 0.5) is 10.5 Å². The van der Waals surface area contributed by atoms with Gasteiger partial charge in [0.1, 0.15) is 11.4 Å². The van der Waals surface area contributed by atoms with E-state index in [1.807, 2.05) is 0 Å². The molecule has 0 saturated carbocycles. The summed E-state index contributed by atoms with van der Waals surface area (Å²) in [6.45, 7) is 1.01. The molecule has 0 heterocycles. The third-order valence-corrected chi connectivity index (χ3v) is 3.91. The highest BCUT2D eigenvalue weighted by Crippen LogP contribution is 2.38. The van der Waals surface area contributed by atoms with E-state index in [0.717, 1.165) is 12.1 Å². The molecule has 0 aliphatic carbocycles. The van der Waals surface area contributed by atoms with Gasteiger partial charge in [-0.3, -0.25) is 9.69 Å². The van der Waals surface area contributed by atoms with Gasteiger partial charge in [-0.05, 0) is 19.1 Å². The topological polar surface area (TPSA) is 153 Å². The Morgan fingerprint density at radius 3 is 2.45 bits per heavy atom. The lowest BCUT2D eigenvalue weighted by atomic mass is 10.2. The van der Waals surface area contributed by atoms with Crippen LogP contribution in [-0.4, -0.2) is 38.7 Å². The first-order chi connectivity index (χ1) is 10.1. The highest BCUT2D eigenvalue weighted by molar-refractivity contribution is 7.89. The lowest BCUT2D eigenvalue weighted by molar-refractivity contribution is -0.141. The Labute approximate surface area is 131 Å². The van der Waals surface area contributed by atoms with Crippen LogP contribution in [0.15, 0.2) is 17.0 Å². The van der Waals surface area contributed by atoms with E-state index in [0.29, 0.717) is 4.90 Å². The highest BCUT2D eigenvalue weighted by Gasteiger charge is 2.27. The van der Waals surface area contributed by atoms with Crippen molar-refractivity contribution in [2.75, 3.05) is 18.1 Å². The minimum atomic E-state index is -4.36. The van der Waals surface area contributed by atoms with Gasteiger partial charge in [0.15, 0.2) is 5.75 Å². The molecule has 0 atom stereocenters. The van der Waals surface area contributed by atoms with E-state index >= 15 is 0 Å². The van der Waals surface area contributed by atoms with E-state index in [1.165, 1.54) is 0 Å². The molecule has 0 saturated heterocycles. The van der Waals surface area contributed by atoms with Crippen molar-refractivity contribution >= 4 is 39.3 Å². The van der Waals surface area contributed by atoms with Crippen LogP contribution in [0, 0.1) is 0 Å². The summed E-state index contributed by atoms with van der Waals surface area (Å²) in [5.41, 5.74) is 4.79. The molecule has 5 N–H and O–H groups in total. The van der Waals surface area contributed by atoms with Gasteiger partial charge in [-0.1, -0.05) is 11.6 Å². The summed E-state index contributed by atoms with van der Waals surface area (Å²) < 4.78 is 27.6. The number of carbonyl (C=O) groups is 2. The Morgan fingerprint density at radius 1 is 1.41 bits per heavy atom. The number of aromatic hydroxyl groups is 1. The van der Waals surface area contributed by atoms with E-state index in [2.05, 4.69) is 4.74 Å². The number of urea groups is 1. The standard InChI is InChI=1S/C11H14ClN3O6S/c1-2-21-8(16)5-15(11(13)18)7-4-3-6(12)10(9(7)17)22(14,19)20/h3-4,17H,2,5H2,1H3,(H2,13,18)(H2,14,19,20). The number of ether oxygens (including phenoxy) is 1. The Kier molecular flexibility index (Phi) is 5.58. The Hall–Kier alpha value is -2.04. The van der Waals surface area contributed by atoms with Crippen molar-refractivity contribution in [3.63, 3.8) is 0 Å². The number of hydrogen-bond donors (Lipinski definition) is 3. The van der Waals surface area contributed by atoms with Crippen molar-refractivity contribution in [1.82, 2.24) is 0 Å². The Morgan fingerprint density at radius 2 is 2.00 bits per heavy atom. The fourth-order valence-electron chi connectivity index (χ4n) is 1.64. The van der Waals surface area contributed by atoms with Crippen LogP contribution in [0.5, 0.6) is 5.75 Å². The van der Waals surface area contributed by atoms with Gasteiger partial charge in [0.25, 0.3) is 0 Å². The molecule has 0 aromatic heterocycles. The molecule has 0 aliphatic rings. The van der Waals surface area contributed by atoms with Crippen LogP contribution in [0.2, 0.25) is 5.02 Å². The summed E-state index contributed by atoms with van der Waals surface area (Å²) in [4.78, 5) is 22.8. The van der Waals surface area contributed by atoms with Gasteiger partial charge >= 0.3 is 12.0 Å². The number of rotatable bonds is 5. The molecule has 22 heavy (non-hydrogen) atoms.